The Kier molecular flexibility index (Phi) is 6.46. The molecule has 0 spiro atoms. The van der Waals surface area contributed by atoms with Gasteiger partial charge in [0, 0.05) is 30.4 Å². The van der Waals surface area contributed by atoms with Gasteiger partial charge in [-0.25, -0.2) is 4.68 Å². The second kappa shape index (κ2) is 8.66. The van der Waals surface area contributed by atoms with E-state index in [1.165, 1.54) is 11.3 Å². The summed E-state index contributed by atoms with van der Waals surface area (Å²) >= 11 is 0. The normalized spacial score (nSPS) is 19.8. The van der Waals surface area contributed by atoms with E-state index in [1.54, 1.807) is 0 Å². The van der Waals surface area contributed by atoms with Crippen LogP contribution in [0, 0.1) is 5.92 Å². The van der Waals surface area contributed by atoms with E-state index in [2.05, 4.69) is 31.2 Å². The van der Waals surface area contributed by atoms with Crippen LogP contribution in [-0.2, 0) is 19.3 Å². The van der Waals surface area contributed by atoms with Crippen molar-refractivity contribution in [3.05, 3.63) is 46.8 Å². The highest BCUT2D eigenvalue weighted by atomic mass is 35.5. The number of carbonyl (C=O) groups excluding carboxylic acids is 1. The van der Waals surface area contributed by atoms with Crippen molar-refractivity contribution in [1.29, 1.82) is 0 Å². The molecule has 1 aliphatic heterocycles. The fourth-order valence-corrected chi connectivity index (χ4v) is 4.47. The lowest BCUT2D eigenvalue weighted by molar-refractivity contribution is 0.0653. The molecule has 1 amide bonds. The Labute approximate surface area is 173 Å². The van der Waals surface area contributed by atoms with Crippen molar-refractivity contribution in [1.82, 2.24) is 14.7 Å². The third kappa shape index (κ3) is 3.83. The number of likely N-dealkylation sites (tertiary alicyclic amines) is 1. The molecule has 2 aromatic rings. The summed E-state index contributed by atoms with van der Waals surface area (Å²) in [5, 5.41) is 4.80. The minimum absolute atomic E-state index is 0. The Morgan fingerprint density at radius 1 is 1.25 bits per heavy atom. The standard InChI is InChI=1S/C22H30N4O.ClH/c1-3-16-9-11-18(12-10-16)26-20-8-4-7-19(20)21(24-26)22(27)25-13-5-6-17(14-25)15(2)23;/h9-12,15,17H,3-8,13-14,23H2,1-2H3;1H. The predicted molar refractivity (Wildman–Crippen MR) is 114 cm³/mol. The Bertz CT molecular complexity index is 828. The van der Waals surface area contributed by atoms with E-state index in [4.69, 9.17) is 10.8 Å². The molecule has 2 unspecified atom stereocenters. The molecule has 2 N–H and O–H groups in total. The summed E-state index contributed by atoms with van der Waals surface area (Å²) in [5.41, 5.74) is 11.5. The highest BCUT2D eigenvalue weighted by Crippen LogP contribution is 2.30. The van der Waals surface area contributed by atoms with Crippen LogP contribution in [0.25, 0.3) is 5.69 Å². The number of benzene rings is 1. The largest absolute Gasteiger partial charge is 0.337 e. The van der Waals surface area contributed by atoms with Gasteiger partial charge < -0.3 is 10.6 Å². The van der Waals surface area contributed by atoms with Crippen LogP contribution in [0.4, 0.5) is 0 Å². The average Bonchev–Trinajstić information content (AvgIpc) is 3.30. The first-order valence-electron chi connectivity index (χ1n) is 10.3. The number of hydrogen-bond donors (Lipinski definition) is 1. The maximum Gasteiger partial charge on any atom is 0.274 e. The molecule has 5 nitrogen and oxygen atoms in total. The monoisotopic (exact) mass is 402 g/mol. The van der Waals surface area contributed by atoms with Crippen molar-refractivity contribution < 1.29 is 4.79 Å². The molecule has 0 saturated carbocycles. The van der Waals surface area contributed by atoms with Gasteiger partial charge >= 0.3 is 0 Å². The van der Waals surface area contributed by atoms with Gasteiger partial charge in [-0.2, -0.15) is 5.10 Å². The molecule has 0 bridgehead atoms. The van der Waals surface area contributed by atoms with E-state index in [9.17, 15) is 4.79 Å². The van der Waals surface area contributed by atoms with Gasteiger partial charge in [0.05, 0.1) is 5.69 Å². The zero-order valence-electron chi connectivity index (χ0n) is 16.9. The summed E-state index contributed by atoms with van der Waals surface area (Å²) < 4.78 is 2.00. The second-order valence-corrected chi connectivity index (χ2v) is 8.07. The molecule has 1 fully saturated rings. The lowest BCUT2D eigenvalue weighted by atomic mass is 9.92. The molecule has 1 aliphatic carbocycles. The zero-order valence-corrected chi connectivity index (χ0v) is 17.7. The maximum atomic E-state index is 13.3. The number of carbonyl (C=O) groups is 1. The molecule has 1 aromatic carbocycles. The van der Waals surface area contributed by atoms with E-state index in [0.29, 0.717) is 11.6 Å². The van der Waals surface area contributed by atoms with Crippen LogP contribution in [0.2, 0.25) is 0 Å². The quantitative estimate of drug-likeness (QED) is 0.850. The molecule has 4 rings (SSSR count). The summed E-state index contributed by atoms with van der Waals surface area (Å²) in [5.74, 6) is 0.474. The number of aryl methyl sites for hydroxylation is 1. The molecule has 2 heterocycles. The lowest BCUT2D eigenvalue weighted by Gasteiger charge is -2.34. The zero-order chi connectivity index (χ0) is 19.0. The molecular weight excluding hydrogens is 372 g/mol. The summed E-state index contributed by atoms with van der Waals surface area (Å²) in [6.07, 6.45) is 6.21. The van der Waals surface area contributed by atoms with Crippen LogP contribution in [0.15, 0.2) is 24.3 Å². The fraction of sp³-hybridized carbons (Fsp3) is 0.545. The molecule has 2 atom stereocenters. The Morgan fingerprint density at radius 3 is 2.68 bits per heavy atom. The third-order valence-electron chi connectivity index (χ3n) is 6.21. The highest BCUT2D eigenvalue weighted by Gasteiger charge is 2.32. The Morgan fingerprint density at radius 2 is 2.00 bits per heavy atom. The van der Waals surface area contributed by atoms with Crippen LogP contribution in [0.5, 0.6) is 0 Å². The molecular formula is C22H31ClN4O. The van der Waals surface area contributed by atoms with Crippen LogP contribution < -0.4 is 5.73 Å². The SMILES string of the molecule is CCc1ccc(-n2nc(C(=O)N3CCCC(C(C)N)C3)c3c2CCC3)cc1.Cl. The van der Waals surface area contributed by atoms with Crippen molar-refractivity contribution in [2.24, 2.45) is 11.7 Å². The van der Waals surface area contributed by atoms with Crippen LogP contribution >= 0.6 is 12.4 Å². The number of rotatable bonds is 4. The van der Waals surface area contributed by atoms with E-state index in [1.807, 2.05) is 16.5 Å². The number of fused-ring (bicyclic) bond motifs is 1. The number of amides is 1. The van der Waals surface area contributed by atoms with E-state index < -0.39 is 0 Å². The first-order chi connectivity index (χ1) is 13.1. The molecule has 152 valence electrons. The van der Waals surface area contributed by atoms with Crippen molar-refractivity contribution in [3.63, 3.8) is 0 Å². The van der Waals surface area contributed by atoms with Gasteiger partial charge in [0.25, 0.3) is 5.91 Å². The van der Waals surface area contributed by atoms with E-state index >= 15 is 0 Å². The van der Waals surface area contributed by atoms with Gasteiger partial charge in [-0.3, -0.25) is 4.79 Å². The number of piperidine rings is 1. The van der Waals surface area contributed by atoms with Gasteiger partial charge in [-0.15, -0.1) is 12.4 Å². The smallest absolute Gasteiger partial charge is 0.274 e. The first kappa shape index (κ1) is 20.9. The molecule has 2 aliphatic rings. The van der Waals surface area contributed by atoms with Crippen LogP contribution in [0.3, 0.4) is 0 Å². The van der Waals surface area contributed by atoms with Gasteiger partial charge in [0.1, 0.15) is 0 Å². The van der Waals surface area contributed by atoms with Gasteiger partial charge in [-0.05, 0) is 69.1 Å². The molecule has 1 aromatic heterocycles. The fourth-order valence-electron chi connectivity index (χ4n) is 4.47. The van der Waals surface area contributed by atoms with Gasteiger partial charge in [0.2, 0.25) is 0 Å². The van der Waals surface area contributed by atoms with Gasteiger partial charge in [0.15, 0.2) is 5.69 Å². The van der Waals surface area contributed by atoms with Gasteiger partial charge in [-0.1, -0.05) is 19.1 Å². The van der Waals surface area contributed by atoms with Crippen molar-refractivity contribution >= 4 is 18.3 Å². The number of nitrogens with two attached hydrogens (primary N) is 1. The van der Waals surface area contributed by atoms with E-state index in [0.717, 1.165) is 62.9 Å². The number of aromatic nitrogens is 2. The summed E-state index contributed by atoms with van der Waals surface area (Å²) in [6.45, 7) is 5.77. The minimum atomic E-state index is 0. The average molecular weight is 403 g/mol. The summed E-state index contributed by atoms with van der Waals surface area (Å²) in [4.78, 5) is 15.3. The Hall–Kier alpha value is -1.85. The van der Waals surface area contributed by atoms with Crippen molar-refractivity contribution in [3.8, 4) is 5.69 Å². The minimum Gasteiger partial charge on any atom is -0.337 e. The summed E-state index contributed by atoms with van der Waals surface area (Å²) in [6, 6.07) is 8.66. The first-order valence-corrected chi connectivity index (χ1v) is 10.3. The van der Waals surface area contributed by atoms with Crippen LogP contribution in [-0.4, -0.2) is 39.7 Å². The van der Waals surface area contributed by atoms with Crippen LogP contribution in [0.1, 0.15) is 60.4 Å². The third-order valence-corrected chi connectivity index (χ3v) is 6.21. The molecule has 1 saturated heterocycles. The van der Waals surface area contributed by atoms with Crippen molar-refractivity contribution in [2.45, 2.75) is 58.4 Å². The number of nitrogens with zero attached hydrogens (tertiary/aromatic N) is 3. The Balaban J connectivity index is 0.00000225. The summed E-state index contributed by atoms with van der Waals surface area (Å²) in [7, 11) is 0. The molecule has 6 heteroatoms. The maximum absolute atomic E-state index is 13.3. The predicted octanol–water partition coefficient (Wildman–Crippen LogP) is 3.54. The number of halogens is 1. The highest BCUT2D eigenvalue weighted by molar-refractivity contribution is 5.94. The van der Waals surface area contributed by atoms with E-state index in [-0.39, 0.29) is 24.4 Å². The molecule has 28 heavy (non-hydrogen) atoms. The number of hydrogen-bond acceptors (Lipinski definition) is 3. The second-order valence-electron chi connectivity index (χ2n) is 8.07. The lowest BCUT2D eigenvalue weighted by Crippen LogP contribution is -2.45. The van der Waals surface area contributed by atoms with Crippen molar-refractivity contribution in [2.75, 3.05) is 13.1 Å². The topological polar surface area (TPSA) is 64.2 Å². The molecule has 0 radical (unpaired) electrons.